The molecule has 1 aliphatic rings. The smallest absolute Gasteiger partial charge is 0.156 e. The van der Waals surface area contributed by atoms with Crippen LogP contribution >= 0.6 is 11.8 Å². The molecule has 0 radical (unpaired) electrons. The maximum absolute atomic E-state index is 4.65. The average molecular weight is 271 g/mol. The van der Waals surface area contributed by atoms with E-state index in [-0.39, 0.29) is 0 Å². The van der Waals surface area contributed by atoms with Crippen molar-refractivity contribution >= 4 is 16.9 Å². The van der Waals surface area contributed by atoms with Crippen LogP contribution in [-0.2, 0) is 0 Å². The van der Waals surface area contributed by atoms with E-state index in [1.807, 2.05) is 11.8 Å². The molecule has 4 heteroatoms. The topological polar surface area (TPSA) is 27.6 Å². The van der Waals surface area contributed by atoms with E-state index in [1.54, 1.807) is 0 Å². The number of amidine groups is 1. The Morgan fingerprint density at radius 2 is 2.11 bits per heavy atom. The first-order valence-corrected chi connectivity index (χ1v) is 8.11. The molecule has 0 aromatic heterocycles. The Morgan fingerprint density at radius 1 is 1.39 bits per heavy atom. The number of aliphatic imine (C=N–C) groups is 1. The number of thioether (sulfide) groups is 1. The first-order valence-electron chi connectivity index (χ1n) is 7.13. The van der Waals surface area contributed by atoms with Crippen molar-refractivity contribution in [1.29, 1.82) is 0 Å². The van der Waals surface area contributed by atoms with E-state index >= 15 is 0 Å². The summed E-state index contributed by atoms with van der Waals surface area (Å²) in [4.78, 5) is 7.03. The first-order chi connectivity index (χ1) is 8.49. The number of rotatable bonds is 7. The van der Waals surface area contributed by atoms with Crippen LogP contribution < -0.4 is 5.32 Å². The minimum absolute atomic E-state index is 0.632. The Hall–Kier alpha value is -0.220. The van der Waals surface area contributed by atoms with Crippen LogP contribution in [0.15, 0.2) is 4.99 Å². The van der Waals surface area contributed by atoms with Crippen LogP contribution in [0.2, 0.25) is 0 Å². The van der Waals surface area contributed by atoms with Crippen LogP contribution in [0, 0.1) is 5.92 Å². The molecular weight excluding hydrogens is 242 g/mol. The molecule has 3 nitrogen and oxygen atoms in total. The fourth-order valence-corrected chi connectivity index (χ4v) is 2.99. The Labute approximate surface area is 117 Å². The SMILES string of the molecule is CC(C)CC1CSC(=NCCCN(C)C(C)C)N1. The molecular formula is C14H29N3S. The third kappa shape index (κ3) is 6.10. The van der Waals surface area contributed by atoms with Crippen LogP contribution in [0.3, 0.4) is 0 Å². The zero-order valence-corrected chi connectivity index (χ0v) is 13.4. The van der Waals surface area contributed by atoms with Gasteiger partial charge in [-0.25, -0.2) is 0 Å². The lowest BCUT2D eigenvalue weighted by molar-refractivity contribution is 0.272. The lowest BCUT2D eigenvalue weighted by atomic mass is 10.1. The molecule has 0 aromatic carbocycles. The maximum atomic E-state index is 4.65. The molecule has 1 saturated heterocycles. The van der Waals surface area contributed by atoms with Gasteiger partial charge >= 0.3 is 0 Å². The largest absolute Gasteiger partial charge is 0.361 e. The van der Waals surface area contributed by atoms with Gasteiger partial charge in [0.25, 0.3) is 0 Å². The highest BCUT2D eigenvalue weighted by Gasteiger charge is 2.20. The molecule has 0 aromatic rings. The van der Waals surface area contributed by atoms with Crippen molar-refractivity contribution in [3.63, 3.8) is 0 Å². The van der Waals surface area contributed by atoms with Crippen molar-refractivity contribution in [2.45, 2.75) is 52.6 Å². The van der Waals surface area contributed by atoms with Gasteiger partial charge in [0.15, 0.2) is 5.17 Å². The van der Waals surface area contributed by atoms with Crippen molar-refractivity contribution in [3.8, 4) is 0 Å². The highest BCUT2D eigenvalue weighted by molar-refractivity contribution is 8.14. The monoisotopic (exact) mass is 271 g/mol. The summed E-state index contributed by atoms with van der Waals surface area (Å²) < 4.78 is 0. The standard InChI is InChI=1S/C14H29N3S/c1-11(2)9-13-10-18-14(16-13)15-7-6-8-17(5)12(3)4/h11-13H,6-10H2,1-5H3,(H,15,16). The molecule has 1 atom stereocenters. The predicted octanol–water partition coefficient (Wildman–Crippen LogP) is 2.82. The summed E-state index contributed by atoms with van der Waals surface area (Å²) >= 11 is 1.88. The van der Waals surface area contributed by atoms with Crippen molar-refractivity contribution in [1.82, 2.24) is 10.2 Å². The predicted molar refractivity (Wildman–Crippen MR) is 83.5 cm³/mol. The maximum Gasteiger partial charge on any atom is 0.156 e. The van der Waals surface area contributed by atoms with Gasteiger partial charge in [0.1, 0.15) is 0 Å². The third-order valence-corrected chi connectivity index (χ3v) is 4.40. The molecule has 18 heavy (non-hydrogen) atoms. The van der Waals surface area contributed by atoms with Gasteiger partial charge in [-0.3, -0.25) is 4.99 Å². The normalized spacial score (nSPS) is 22.4. The molecule has 106 valence electrons. The van der Waals surface area contributed by atoms with Gasteiger partial charge in [0.2, 0.25) is 0 Å². The molecule has 0 bridgehead atoms. The van der Waals surface area contributed by atoms with Crippen LogP contribution in [0.5, 0.6) is 0 Å². The molecule has 1 heterocycles. The number of hydrogen-bond acceptors (Lipinski definition) is 3. The molecule has 0 spiro atoms. The summed E-state index contributed by atoms with van der Waals surface area (Å²) in [6, 6.07) is 1.26. The average Bonchev–Trinajstić information content (AvgIpc) is 2.70. The van der Waals surface area contributed by atoms with E-state index in [0.717, 1.165) is 30.6 Å². The molecule has 0 aliphatic carbocycles. The van der Waals surface area contributed by atoms with Crippen LogP contribution in [0.4, 0.5) is 0 Å². The summed E-state index contributed by atoms with van der Waals surface area (Å²) in [6.07, 6.45) is 2.40. The van der Waals surface area contributed by atoms with Gasteiger partial charge in [-0.15, -0.1) is 0 Å². The Kier molecular flexibility index (Phi) is 7.08. The second-order valence-electron chi connectivity index (χ2n) is 5.90. The van der Waals surface area contributed by atoms with E-state index in [2.05, 4.69) is 50.0 Å². The number of hydrogen-bond donors (Lipinski definition) is 1. The van der Waals surface area contributed by atoms with Crippen molar-refractivity contribution in [2.24, 2.45) is 10.9 Å². The minimum atomic E-state index is 0.632. The molecule has 1 rings (SSSR count). The highest BCUT2D eigenvalue weighted by Crippen LogP contribution is 2.18. The second-order valence-corrected chi connectivity index (χ2v) is 6.91. The summed E-state index contributed by atoms with van der Waals surface area (Å²) in [5, 5.41) is 4.69. The van der Waals surface area contributed by atoms with Crippen molar-refractivity contribution < 1.29 is 0 Å². The van der Waals surface area contributed by atoms with Crippen molar-refractivity contribution in [3.05, 3.63) is 0 Å². The van der Waals surface area contributed by atoms with Gasteiger partial charge in [0.05, 0.1) is 0 Å². The fourth-order valence-electron chi connectivity index (χ4n) is 1.98. The Bertz CT molecular complexity index is 264. The van der Waals surface area contributed by atoms with E-state index < -0.39 is 0 Å². The lowest BCUT2D eigenvalue weighted by Gasteiger charge is -2.20. The van der Waals surface area contributed by atoms with Gasteiger partial charge in [-0.2, -0.15) is 0 Å². The quantitative estimate of drug-likeness (QED) is 0.722. The lowest BCUT2D eigenvalue weighted by Crippen LogP contribution is -2.29. The minimum Gasteiger partial charge on any atom is -0.361 e. The summed E-state index contributed by atoms with van der Waals surface area (Å²) in [5.74, 6) is 1.95. The molecule has 1 fully saturated rings. The Morgan fingerprint density at radius 3 is 2.72 bits per heavy atom. The van der Waals surface area contributed by atoms with E-state index in [0.29, 0.717) is 12.1 Å². The zero-order chi connectivity index (χ0) is 13.5. The van der Waals surface area contributed by atoms with Gasteiger partial charge in [0, 0.05) is 24.4 Å². The van der Waals surface area contributed by atoms with Crippen molar-refractivity contribution in [2.75, 3.05) is 25.9 Å². The summed E-state index contributed by atoms with van der Waals surface area (Å²) in [6.45, 7) is 11.1. The van der Waals surface area contributed by atoms with Crippen LogP contribution in [-0.4, -0.2) is 48.0 Å². The fraction of sp³-hybridized carbons (Fsp3) is 0.929. The number of nitrogens with zero attached hydrogens (tertiary/aromatic N) is 2. The van der Waals surface area contributed by atoms with E-state index in [9.17, 15) is 0 Å². The third-order valence-electron chi connectivity index (χ3n) is 3.31. The van der Waals surface area contributed by atoms with E-state index in [1.165, 1.54) is 12.2 Å². The second kappa shape index (κ2) is 8.05. The van der Waals surface area contributed by atoms with Crippen LogP contribution in [0.25, 0.3) is 0 Å². The van der Waals surface area contributed by atoms with Gasteiger partial charge in [-0.05, 0) is 46.2 Å². The Balaban J connectivity index is 2.16. The summed E-state index contributed by atoms with van der Waals surface area (Å²) in [5.41, 5.74) is 0. The van der Waals surface area contributed by atoms with Crippen LogP contribution in [0.1, 0.15) is 40.5 Å². The highest BCUT2D eigenvalue weighted by atomic mass is 32.2. The first kappa shape index (κ1) is 15.8. The molecule has 0 amide bonds. The number of nitrogens with one attached hydrogen (secondary N) is 1. The molecule has 0 saturated carbocycles. The zero-order valence-electron chi connectivity index (χ0n) is 12.6. The summed E-state index contributed by atoms with van der Waals surface area (Å²) in [7, 11) is 2.18. The molecule has 1 N–H and O–H groups in total. The van der Waals surface area contributed by atoms with Gasteiger partial charge < -0.3 is 10.2 Å². The van der Waals surface area contributed by atoms with E-state index in [4.69, 9.17) is 0 Å². The van der Waals surface area contributed by atoms with Gasteiger partial charge in [-0.1, -0.05) is 25.6 Å². The molecule has 1 unspecified atom stereocenters. The molecule has 1 aliphatic heterocycles.